The van der Waals surface area contributed by atoms with Crippen LogP contribution in [-0.2, 0) is 18.2 Å². The number of aromatic hydroxyl groups is 1. The van der Waals surface area contributed by atoms with Crippen molar-refractivity contribution in [3.8, 4) is 28.4 Å². The molecule has 0 radical (unpaired) electrons. The number of ether oxygens (including phenoxy) is 2. The largest absolute Gasteiger partial charge is 0.507 e. The summed E-state index contributed by atoms with van der Waals surface area (Å²) in [6.45, 7) is -1.48. The fourth-order valence-electron chi connectivity index (χ4n) is 2.55. The van der Waals surface area contributed by atoms with Gasteiger partial charge in [-0.1, -0.05) is 12.1 Å². The molecule has 2 aromatic carbocycles. The van der Waals surface area contributed by atoms with E-state index in [0.717, 1.165) is 12.3 Å². The molecule has 5 N–H and O–H groups in total. The van der Waals surface area contributed by atoms with Crippen molar-refractivity contribution in [1.29, 1.82) is 0 Å². The first-order valence-electron chi connectivity index (χ1n) is 8.48. The minimum Gasteiger partial charge on any atom is -0.507 e. The minimum atomic E-state index is -4.74. The molecule has 1 aromatic heterocycles. The molecule has 0 spiro atoms. The normalized spacial score (nSPS) is 12.1. The van der Waals surface area contributed by atoms with Gasteiger partial charge in [-0.3, -0.25) is 4.79 Å². The molecule has 172 valence electrons. The molecule has 0 saturated carbocycles. The Morgan fingerprint density at radius 3 is 1.97 bits per heavy atom. The first-order valence-corrected chi connectivity index (χ1v) is 11.5. The monoisotopic (exact) mass is 490 g/mol. The van der Waals surface area contributed by atoms with E-state index in [4.69, 9.17) is 33.5 Å². The molecule has 0 fully saturated rings. The van der Waals surface area contributed by atoms with Gasteiger partial charge in [-0.25, -0.2) is 18.2 Å². The number of hydrogen-bond acceptors (Lipinski definition) is 9. The number of phenols is 1. The number of rotatable bonds is 9. The lowest BCUT2D eigenvalue weighted by Crippen LogP contribution is -2.06. The van der Waals surface area contributed by atoms with Crippen LogP contribution in [0.25, 0.3) is 22.1 Å². The third-order valence-corrected chi connectivity index (χ3v) is 4.77. The van der Waals surface area contributed by atoms with Crippen LogP contribution in [0.5, 0.6) is 17.2 Å². The first kappa shape index (κ1) is 23.9. The zero-order chi connectivity index (χ0) is 23.5. The van der Waals surface area contributed by atoms with Crippen molar-refractivity contribution < 1.29 is 56.7 Å². The van der Waals surface area contributed by atoms with Crippen molar-refractivity contribution >= 4 is 26.6 Å². The topological polar surface area (TPSA) is 202 Å². The van der Waals surface area contributed by atoms with Gasteiger partial charge in [-0.05, 0) is 17.7 Å². The number of phosphoric ester groups is 2. The van der Waals surface area contributed by atoms with E-state index in [9.17, 15) is 19.0 Å². The molecule has 0 bridgehead atoms. The maximum Gasteiger partial charge on any atom is 0.472 e. The second-order valence-electron chi connectivity index (χ2n) is 6.08. The molecule has 3 rings (SSSR count). The highest BCUT2D eigenvalue weighted by Crippen LogP contribution is 2.37. The summed E-state index contributed by atoms with van der Waals surface area (Å²) in [7, 11) is -9.41. The zero-order valence-electron chi connectivity index (χ0n) is 15.9. The number of phosphoric acid groups is 2. The summed E-state index contributed by atoms with van der Waals surface area (Å²) in [5.41, 5.74) is -0.109. The van der Waals surface area contributed by atoms with E-state index in [-0.39, 0.29) is 28.0 Å². The maximum atomic E-state index is 12.8. The van der Waals surface area contributed by atoms with Crippen molar-refractivity contribution in [2.75, 3.05) is 13.6 Å². The van der Waals surface area contributed by atoms with Crippen LogP contribution in [0.1, 0.15) is 0 Å². The summed E-state index contributed by atoms with van der Waals surface area (Å²) in [4.78, 5) is 47.4. The standard InChI is InChI=1S/C17H16O13P2/c18-14-5-12(28-9-30-32(23,24)25)6-15-16(14)17(19)13(7-26-15)10-1-3-11(4-2-10)27-8-29-31(20,21)22/h1-7,18H,8-9H2,(H2,20,21,22)(H2,23,24,25). The van der Waals surface area contributed by atoms with Gasteiger partial charge in [0, 0.05) is 12.1 Å². The van der Waals surface area contributed by atoms with Crippen LogP contribution in [0.3, 0.4) is 0 Å². The summed E-state index contributed by atoms with van der Waals surface area (Å²) >= 11 is 0. The molecule has 0 aliphatic heterocycles. The highest BCUT2D eigenvalue weighted by atomic mass is 31.2. The van der Waals surface area contributed by atoms with Gasteiger partial charge in [0.05, 0.1) is 5.56 Å². The molecule has 15 heteroatoms. The lowest BCUT2D eigenvalue weighted by atomic mass is 10.0. The molecule has 13 nitrogen and oxygen atoms in total. The second-order valence-corrected chi connectivity index (χ2v) is 8.56. The molecule has 1 heterocycles. The van der Waals surface area contributed by atoms with Crippen molar-refractivity contribution in [1.82, 2.24) is 0 Å². The van der Waals surface area contributed by atoms with E-state index in [1.807, 2.05) is 0 Å². The third-order valence-electron chi connectivity index (χ3n) is 3.89. The molecule has 32 heavy (non-hydrogen) atoms. The fourth-order valence-corrected chi connectivity index (χ4v) is 2.93. The Balaban J connectivity index is 1.81. The van der Waals surface area contributed by atoms with Crippen LogP contribution in [0.2, 0.25) is 0 Å². The van der Waals surface area contributed by atoms with Gasteiger partial charge >= 0.3 is 15.6 Å². The Morgan fingerprint density at radius 2 is 1.41 bits per heavy atom. The number of phenolic OH excluding ortho intramolecular Hbond substituents is 1. The van der Waals surface area contributed by atoms with E-state index in [2.05, 4.69) is 9.05 Å². The summed E-state index contributed by atoms with van der Waals surface area (Å²) < 4.78 is 45.0. The SMILES string of the molecule is O=c1c(-c2ccc(OCOP(=O)(O)O)cc2)coc2cc(OCOP(=O)(O)O)cc(O)c12. The molecular formula is C17H16O13P2. The lowest BCUT2D eigenvalue weighted by molar-refractivity contribution is 0.0816. The molecular weight excluding hydrogens is 474 g/mol. The van der Waals surface area contributed by atoms with Crippen LogP contribution >= 0.6 is 15.6 Å². The van der Waals surface area contributed by atoms with E-state index < -0.39 is 40.4 Å². The Labute approximate surface area is 178 Å². The van der Waals surface area contributed by atoms with Gasteiger partial charge in [-0.2, -0.15) is 0 Å². The lowest BCUT2D eigenvalue weighted by Gasteiger charge is -2.10. The van der Waals surface area contributed by atoms with Gasteiger partial charge in [0.25, 0.3) is 0 Å². The third kappa shape index (κ3) is 6.39. The van der Waals surface area contributed by atoms with E-state index >= 15 is 0 Å². The quantitative estimate of drug-likeness (QED) is 0.216. The smallest absolute Gasteiger partial charge is 0.472 e. The summed E-state index contributed by atoms with van der Waals surface area (Å²) in [5.74, 6) is -0.327. The van der Waals surface area contributed by atoms with E-state index in [1.54, 1.807) is 0 Å². The van der Waals surface area contributed by atoms with Gasteiger partial charge in [0.15, 0.2) is 13.6 Å². The van der Waals surface area contributed by atoms with Gasteiger partial charge in [0.2, 0.25) is 5.43 Å². The van der Waals surface area contributed by atoms with Crippen LogP contribution in [0, 0.1) is 0 Å². The Morgan fingerprint density at radius 1 is 0.844 bits per heavy atom. The minimum absolute atomic E-state index is 0.0422. The van der Waals surface area contributed by atoms with Crippen molar-refractivity contribution in [2.24, 2.45) is 0 Å². The summed E-state index contributed by atoms with van der Waals surface area (Å²) in [6, 6.07) is 8.13. The van der Waals surface area contributed by atoms with Crippen molar-refractivity contribution in [3.05, 3.63) is 52.9 Å². The van der Waals surface area contributed by atoms with Crippen LogP contribution < -0.4 is 14.9 Å². The Hall–Kier alpha value is -2.73. The Kier molecular flexibility index (Phi) is 7.03. The summed E-state index contributed by atoms with van der Waals surface area (Å²) in [5, 5.41) is 10.1. The highest BCUT2D eigenvalue weighted by molar-refractivity contribution is 7.46. The van der Waals surface area contributed by atoms with Crippen LogP contribution in [0.15, 0.2) is 51.9 Å². The van der Waals surface area contributed by atoms with Crippen LogP contribution in [-0.4, -0.2) is 38.3 Å². The predicted molar refractivity (Wildman–Crippen MR) is 107 cm³/mol. The number of benzene rings is 2. The van der Waals surface area contributed by atoms with Crippen molar-refractivity contribution in [3.63, 3.8) is 0 Å². The van der Waals surface area contributed by atoms with Crippen LogP contribution in [0.4, 0.5) is 0 Å². The number of fused-ring (bicyclic) bond motifs is 1. The number of hydrogen-bond donors (Lipinski definition) is 5. The predicted octanol–water partition coefficient (Wildman–Crippen LogP) is 2.06. The van der Waals surface area contributed by atoms with E-state index in [0.29, 0.717) is 5.56 Å². The molecule has 0 aliphatic carbocycles. The average Bonchev–Trinajstić information content (AvgIpc) is 2.67. The molecule has 0 aliphatic rings. The zero-order valence-corrected chi connectivity index (χ0v) is 17.6. The van der Waals surface area contributed by atoms with Crippen molar-refractivity contribution in [2.45, 2.75) is 0 Å². The molecule has 0 unspecified atom stereocenters. The van der Waals surface area contributed by atoms with Gasteiger partial charge in [0.1, 0.15) is 34.5 Å². The fraction of sp³-hybridized carbons (Fsp3) is 0.118. The highest BCUT2D eigenvalue weighted by Gasteiger charge is 2.17. The molecule has 0 saturated heterocycles. The molecule has 0 atom stereocenters. The van der Waals surface area contributed by atoms with E-state index in [1.165, 1.54) is 30.3 Å². The second kappa shape index (κ2) is 9.41. The van der Waals surface area contributed by atoms with Gasteiger partial charge < -0.3 is 38.6 Å². The molecule has 3 aromatic rings. The summed E-state index contributed by atoms with van der Waals surface area (Å²) in [6.07, 6.45) is 1.15. The average molecular weight is 490 g/mol. The maximum absolute atomic E-state index is 12.8. The van der Waals surface area contributed by atoms with Gasteiger partial charge in [-0.15, -0.1) is 0 Å². The first-order chi connectivity index (χ1) is 14.9. The molecule has 0 amide bonds. The Bertz CT molecular complexity index is 1260.